The van der Waals surface area contributed by atoms with Crippen LogP contribution in [0.25, 0.3) is 0 Å². The Balaban J connectivity index is 1.54. The number of halogens is 1. The van der Waals surface area contributed by atoms with Gasteiger partial charge in [0.2, 0.25) is 11.8 Å². The first kappa shape index (κ1) is 52.5. The van der Waals surface area contributed by atoms with E-state index < -0.39 is 91.4 Å². The number of carbonyl (C=O) groups excluding carboxylic acids is 5. The molecule has 9 atom stereocenters. The summed E-state index contributed by atoms with van der Waals surface area (Å²) in [4.78, 5) is 69.4. The highest BCUT2D eigenvalue weighted by atomic mass is 35.5. The number of alkyl carbamates (subject to hydrolysis) is 1. The van der Waals surface area contributed by atoms with Gasteiger partial charge in [-0.25, -0.2) is 9.59 Å². The number of nitrogens with one attached hydrogen (secondary N) is 1. The molecule has 3 aliphatic heterocycles. The standard InChI is InChI=1S/C44H64ClN3O12S3/c1-12-32(49)34(63(55,56)57)17-19-61-62-42(7,8)18-16-36(50)47(10)29(6)40(52)59-35-23-37(51)48(11)31-22-30(21-26(3)38(31)45)20-25(2)14-13-15-27(4)44(54)24-33(58-41(53)46-44)28(5)39-43(35,9)60-39/h13-15,21-22,27-29,33-35,39,54H,12,16-20,23-24H2,1-11H3,(H,46,53)(H,55,56,57)/b15-13+,25-14+/t27-,28-,29+,33?,34?,35+,39+,43+,44+/m1/s1. The first-order valence-corrected chi connectivity index (χ1v) is 25.4. The Morgan fingerprint density at radius 3 is 2.49 bits per heavy atom. The molecule has 0 aromatic heterocycles. The van der Waals surface area contributed by atoms with E-state index in [4.69, 9.17) is 25.8 Å². The minimum atomic E-state index is -4.52. The van der Waals surface area contributed by atoms with Crippen molar-refractivity contribution < 1.29 is 56.3 Å². The molecule has 4 bridgehead atoms. The largest absolute Gasteiger partial charge is 0.457 e. The van der Waals surface area contributed by atoms with Gasteiger partial charge < -0.3 is 29.1 Å². The van der Waals surface area contributed by atoms with Gasteiger partial charge in [0.1, 0.15) is 34.8 Å². The Morgan fingerprint density at radius 2 is 1.86 bits per heavy atom. The first-order valence-electron chi connectivity index (χ1n) is 21.2. The molecule has 15 nitrogen and oxygen atoms in total. The summed E-state index contributed by atoms with van der Waals surface area (Å²) < 4.78 is 50.6. The number of ketones is 1. The lowest BCUT2D eigenvalue weighted by Crippen LogP contribution is -2.60. The number of aliphatic hydroxyl groups is 1. The van der Waals surface area contributed by atoms with Crippen molar-refractivity contribution in [2.45, 2.75) is 153 Å². The summed E-state index contributed by atoms with van der Waals surface area (Å²) >= 11 is 6.80. The maximum absolute atomic E-state index is 14.2. The molecule has 19 heteroatoms. The van der Waals surface area contributed by atoms with Gasteiger partial charge in [0.05, 0.1) is 23.2 Å². The van der Waals surface area contributed by atoms with Crippen molar-refractivity contribution in [3.8, 4) is 0 Å². The number of anilines is 1. The average molecular weight is 959 g/mol. The van der Waals surface area contributed by atoms with E-state index in [1.54, 1.807) is 20.9 Å². The van der Waals surface area contributed by atoms with Gasteiger partial charge in [0.15, 0.2) is 5.78 Å². The lowest BCUT2D eigenvalue weighted by molar-refractivity contribution is -0.162. The number of hydrogen-bond donors (Lipinski definition) is 3. The van der Waals surface area contributed by atoms with E-state index in [0.717, 1.165) is 16.7 Å². The van der Waals surface area contributed by atoms with Crippen LogP contribution in [0, 0.1) is 18.8 Å². The summed E-state index contributed by atoms with van der Waals surface area (Å²) in [7, 11) is 1.33. The predicted octanol–water partition coefficient (Wildman–Crippen LogP) is 7.00. The Hall–Kier alpha value is -3.13. The van der Waals surface area contributed by atoms with Crippen molar-refractivity contribution in [2.75, 3.05) is 24.7 Å². The van der Waals surface area contributed by atoms with Crippen LogP contribution < -0.4 is 10.2 Å². The van der Waals surface area contributed by atoms with Gasteiger partial charge in [0, 0.05) is 55.7 Å². The third kappa shape index (κ3) is 13.3. The zero-order valence-corrected chi connectivity index (χ0v) is 41.3. The lowest BCUT2D eigenvalue weighted by Gasteiger charge is -2.41. The van der Waals surface area contributed by atoms with Crippen LogP contribution in [-0.4, -0.2) is 118 Å². The molecule has 2 unspecified atom stereocenters. The molecular formula is C44H64ClN3O12S3. The molecule has 0 saturated carbocycles. The molecule has 0 aliphatic carbocycles. The van der Waals surface area contributed by atoms with Crippen LogP contribution in [0.4, 0.5) is 10.5 Å². The summed E-state index contributed by atoms with van der Waals surface area (Å²) in [5.74, 6) is -2.82. The van der Waals surface area contributed by atoms with Crippen molar-refractivity contribution in [1.82, 2.24) is 10.2 Å². The normalized spacial score (nSPS) is 29.2. The van der Waals surface area contributed by atoms with Crippen LogP contribution in [0.3, 0.4) is 0 Å². The number of nitrogens with zero attached hydrogens (tertiary/aromatic N) is 2. The highest BCUT2D eigenvalue weighted by molar-refractivity contribution is 8.77. The van der Waals surface area contributed by atoms with Gasteiger partial charge in [0.25, 0.3) is 10.1 Å². The number of epoxide rings is 1. The number of rotatable bonds is 14. The molecule has 3 amide bonds. The van der Waals surface area contributed by atoms with Crippen molar-refractivity contribution >= 4 is 78.7 Å². The zero-order valence-electron chi connectivity index (χ0n) is 38.1. The van der Waals surface area contributed by atoms with Crippen LogP contribution >= 0.6 is 33.2 Å². The minimum Gasteiger partial charge on any atom is -0.457 e. The number of allylic oxidation sites excluding steroid dienone is 3. The molecule has 1 aromatic carbocycles. The van der Waals surface area contributed by atoms with E-state index >= 15 is 0 Å². The Labute approximate surface area is 384 Å². The highest BCUT2D eigenvalue weighted by Gasteiger charge is 2.64. The number of amides is 3. The van der Waals surface area contributed by atoms with Crippen LogP contribution in [0.2, 0.25) is 5.02 Å². The lowest BCUT2D eigenvalue weighted by atomic mass is 9.82. The number of Topliss-reactive ketones (excluding diaryl/α,β-unsaturated/α-hetero) is 1. The molecule has 3 aliphatic rings. The summed E-state index contributed by atoms with van der Waals surface area (Å²) in [5.41, 5.74) is 0.272. The topological polar surface area (TPSA) is 209 Å². The SMILES string of the molecule is CCC(=O)C(CCSSC(C)(C)CCC(=O)N(C)[C@@H](C)C(=O)O[C@H]1CC(=O)N(C)c2cc(cc(C)c2Cl)C/C(C)=C/C=C/[C@@H](C)[C@@]2(O)CC(OC(=O)N2)[C@@H](C)[C@@H]2O[C@@]12C)S(=O)(=O)O. The van der Waals surface area contributed by atoms with Crippen LogP contribution in [-0.2, 0) is 49.9 Å². The molecule has 1 aromatic rings. The van der Waals surface area contributed by atoms with Gasteiger partial charge in [-0.05, 0) is 78.0 Å². The summed E-state index contributed by atoms with van der Waals surface area (Å²) in [5, 5.41) is 13.2. The highest BCUT2D eigenvalue weighted by Crippen LogP contribution is 2.49. The molecule has 3 heterocycles. The van der Waals surface area contributed by atoms with E-state index in [2.05, 4.69) is 5.32 Å². The maximum atomic E-state index is 14.2. The van der Waals surface area contributed by atoms with E-state index in [9.17, 15) is 42.0 Å². The van der Waals surface area contributed by atoms with Crippen molar-refractivity contribution in [3.05, 3.63) is 52.1 Å². The second-order valence-electron chi connectivity index (χ2n) is 17.9. The van der Waals surface area contributed by atoms with Crippen LogP contribution in [0.15, 0.2) is 35.9 Å². The monoisotopic (exact) mass is 957 g/mol. The average Bonchev–Trinajstić information content (AvgIpc) is 3.90. The third-order valence-corrected chi connectivity index (χ3v) is 17.5. The molecule has 4 rings (SSSR count). The zero-order chi connectivity index (χ0) is 47.4. The first-order chi connectivity index (χ1) is 29.1. The fraction of sp³-hybridized carbons (Fsp3) is 0.659. The number of esters is 1. The van der Waals surface area contributed by atoms with Gasteiger partial charge in [-0.2, -0.15) is 8.42 Å². The van der Waals surface area contributed by atoms with Gasteiger partial charge in [-0.1, -0.05) is 83.8 Å². The maximum Gasteiger partial charge on any atom is 0.409 e. The van der Waals surface area contributed by atoms with Gasteiger partial charge in [-0.15, -0.1) is 0 Å². The molecule has 3 N–H and O–H groups in total. The van der Waals surface area contributed by atoms with Crippen molar-refractivity contribution in [3.63, 3.8) is 0 Å². The second kappa shape index (κ2) is 21.0. The van der Waals surface area contributed by atoms with E-state index in [1.807, 2.05) is 65.0 Å². The van der Waals surface area contributed by atoms with Crippen molar-refractivity contribution in [2.24, 2.45) is 11.8 Å². The molecule has 0 radical (unpaired) electrons. The number of likely N-dealkylation sites (N-methyl/N-ethyl adjacent to an activating group) is 1. The number of hydrogen-bond acceptors (Lipinski definition) is 13. The number of carbonyl (C=O) groups is 5. The van der Waals surface area contributed by atoms with Gasteiger partial charge >= 0.3 is 12.1 Å². The summed E-state index contributed by atoms with van der Waals surface area (Å²) in [6, 6.07) is 2.73. The number of aryl methyl sites for hydroxylation is 1. The van der Waals surface area contributed by atoms with E-state index in [1.165, 1.54) is 52.3 Å². The predicted molar refractivity (Wildman–Crippen MR) is 246 cm³/mol. The number of ether oxygens (including phenoxy) is 3. The smallest absolute Gasteiger partial charge is 0.409 e. The number of fused-ring (bicyclic) bond motifs is 5. The fourth-order valence-corrected chi connectivity index (χ4v) is 11.8. The fourth-order valence-electron chi connectivity index (χ4n) is 7.85. The van der Waals surface area contributed by atoms with Crippen LogP contribution in [0.5, 0.6) is 0 Å². The third-order valence-electron chi connectivity index (χ3n) is 12.4. The Bertz CT molecular complexity index is 2080. The Kier molecular flexibility index (Phi) is 17.5. The molecular weight excluding hydrogens is 894 g/mol. The molecule has 0 spiro atoms. The summed E-state index contributed by atoms with van der Waals surface area (Å²) in [6.07, 6.45) is 2.83. The van der Waals surface area contributed by atoms with E-state index in [-0.39, 0.29) is 43.8 Å². The molecule has 2 saturated heterocycles. The summed E-state index contributed by atoms with van der Waals surface area (Å²) in [6.45, 7) is 16.1. The number of benzene rings is 1. The van der Waals surface area contributed by atoms with Crippen molar-refractivity contribution in [1.29, 1.82) is 0 Å². The second-order valence-corrected chi connectivity index (χ2v) is 23.0. The molecule has 2 fully saturated rings. The quantitative estimate of drug-likeness (QED) is 0.0564. The Morgan fingerprint density at radius 1 is 1.19 bits per heavy atom. The van der Waals surface area contributed by atoms with Crippen LogP contribution in [0.1, 0.15) is 105 Å². The molecule has 63 heavy (non-hydrogen) atoms. The van der Waals surface area contributed by atoms with E-state index in [0.29, 0.717) is 23.6 Å². The molecule has 352 valence electrons. The minimum absolute atomic E-state index is 0.0127. The van der Waals surface area contributed by atoms with Gasteiger partial charge in [-0.3, -0.25) is 24.3 Å².